The number of nitrogens with one attached hydrogen (secondary N) is 1. The number of likely N-dealkylation sites (tertiary alicyclic amines) is 1. The standard InChI is InChI=1S/C13H16N2O5/c1-19-10(9-3-2-6-20-9)7-14-11(16)8-15-12(17)4-5-13(15)18/h2-3,6,10H,4-5,7-8H2,1H3,(H,14,16). The van der Waals surface area contributed by atoms with E-state index in [1.165, 1.54) is 13.4 Å². The molecule has 1 atom stereocenters. The van der Waals surface area contributed by atoms with Crippen LogP contribution in [0, 0.1) is 0 Å². The first-order valence-electron chi connectivity index (χ1n) is 6.28. The van der Waals surface area contributed by atoms with Crippen molar-refractivity contribution in [2.24, 2.45) is 0 Å². The van der Waals surface area contributed by atoms with E-state index < -0.39 is 12.0 Å². The summed E-state index contributed by atoms with van der Waals surface area (Å²) < 4.78 is 10.4. The second-order valence-corrected chi connectivity index (χ2v) is 4.42. The molecule has 1 aliphatic rings. The monoisotopic (exact) mass is 280 g/mol. The second-order valence-electron chi connectivity index (χ2n) is 4.42. The number of ether oxygens (including phenoxy) is 1. The van der Waals surface area contributed by atoms with Crippen molar-refractivity contribution in [1.82, 2.24) is 10.2 Å². The molecule has 0 spiro atoms. The topological polar surface area (TPSA) is 88.9 Å². The first kappa shape index (κ1) is 14.3. The Balaban J connectivity index is 1.83. The normalized spacial score (nSPS) is 16.6. The molecule has 0 aromatic carbocycles. The molecule has 1 saturated heterocycles. The third kappa shape index (κ3) is 3.24. The highest BCUT2D eigenvalue weighted by Gasteiger charge is 2.30. The van der Waals surface area contributed by atoms with Crippen LogP contribution in [0.5, 0.6) is 0 Å². The van der Waals surface area contributed by atoms with Gasteiger partial charge in [-0.15, -0.1) is 0 Å². The zero-order valence-electron chi connectivity index (χ0n) is 11.1. The Morgan fingerprint density at radius 1 is 1.45 bits per heavy atom. The maximum atomic E-state index is 11.7. The van der Waals surface area contributed by atoms with E-state index in [1.54, 1.807) is 12.1 Å². The van der Waals surface area contributed by atoms with Gasteiger partial charge >= 0.3 is 0 Å². The van der Waals surface area contributed by atoms with Crippen molar-refractivity contribution < 1.29 is 23.5 Å². The molecule has 1 fully saturated rings. The first-order chi connectivity index (χ1) is 9.61. The molecule has 1 N–H and O–H groups in total. The van der Waals surface area contributed by atoms with E-state index >= 15 is 0 Å². The maximum absolute atomic E-state index is 11.7. The molecule has 2 rings (SSSR count). The number of nitrogens with zero attached hydrogens (tertiary/aromatic N) is 1. The van der Waals surface area contributed by atoms with Gasteiger partial charge in [0.1, 0.15) is 18.4 Å². The molecule has 0 radical (unpaired) electrons. The van der Waals surface area contributed by atoms with Crippen LogP contribution >= 0.6 is 0 Å². The van der Waals surface area contributed by atoms with Crippen molar-refractivity contribution in [3.8, 4) is 0 Å². The van der Waals surface area contributed by atoms with E-state index in [0.29, 0.717) is 5.76 Å². The number of hydrogen-bond donors (Lipinski definition) is 1. The lowest BCUT2D eigenvalue weighted by Gasteiger charge is -2.16. The van der Waals surface area contributed by atoms with E-state index in [9.17, 15) is 14.4 Å². The fraction of sp³-hybridized carbons (Fsp3) is 0.462. The van der Waals surface area contributed by atoms with Gasteiger partial charge in [-0.25, -0.2) is 0 Å². The molecule has 0 saturated carbocycles. The van der Waals surface area contributed by atoms with Crippen molar-refractivity contribution >= 4 is 17.7 Å². The van der Waals surface area contributed by atoms with Crippen LogP contribution in [-0.2, 0) is 19.1 Å². The predicted octanol–water partition coefficient (Wildman–Crippen LogP) is 0.232. The molecular weight excluding hydrogens is 264 g/mol. The molecule has 0 aliphatic carbocycles. The van der Waals surface area contributed by atoms with Crippen LogP contribution < -0.4 is 5.32 Å². The molecule has 1 unspecified atom stereocenters. The van der Waals surface area contributed by atoms with E-state index in [1.807, 2.05) is 0 Å². The first-order valence-corrected chi connectivity index (χ1v) is 6.28. The Labute approximate surface area is 115 Å². The number of methoxy groups -OCH3 is 1. The molecule has 2 heterocycles. The molecule has 1 aliphatic heterocycles. The van der Waals surface area contributed by atoms with Crippen LogP contribution in [0.25, 0.3) is 0 Å². The second kappa shape index (κ2) is 6.33. The average molecular weight is 280 g/mol. The van der Waals surface area contributed by atoms with Gasteiger partial charge in [-0.05, 0) is 12.1 Å². The number of imide groups is 1. The Kier molecular flexibility index (Phi) is 4.52. The summed E-state index contributed by atoms with van der Waals surface area (Å²) in [4.78, 5) is 35.5. The fourth-order valence-electron chi connectivity index (χ4n) is 1.98. The largest absolute Gasteiger partial charge is 0.467 e. The number of carbonyl (C=O) groups excluding carboxylic acids is 3. The van der Waals surface area contributed by atoms with Gasteiger partial charge in [0.2, 0.25) is 17.7 Å². The van der Waals surface area contributed by atoms with Crippen LogP contribution in [0.3, 0.4) is 0 Å². The van der Waals surface area contributed by atoms with E-state index in [0.717, 1.165) is 4.90 Å². The van der Waals surface area contributed by atoms with Crippen LogP contribution in [0.2, 0.25) is 0 Å². The van der Waals surface area contributed by atoms with Crippen LogP contribution in [0.15, 0.2) is 22.8 Å². The van der Waals surface area contributed by atoms with Gasteiger partial charge in [-0.3, -0.25) is 19.3 Å². The Morgan fingerprint density at radius 2 is 2.15 bits per heavy atom. The van der Waals surface area contributed by atoms with Crippen molar-refractivity contribution in [1.29, 1.82) is 0 Å². The van der Waals surface area contributed by atoms with Crippen LogP contribution in [-0.4, -0.2) is 42.8 Å². The number of hydrogen-bond acceptors (Lipinski definition) is 5. The molecular formula is C13H16N2O5. The summed E-state index contributed by atoms with van der Waals surface area (Å²) in [5, 5.41) is 2.62. The third-order valence-electron chi connectivity index (χ3n) is 3.09. The zero-order chi connectivity index (χ0) is 14.5. The molecule has 1 aromatic heterocycles. The summed E-state index contributed by atoms with van der Waals surface area (Å²) in [6.07, 6.45) is 1.47. The summed E-state index contributed by atoms with van der Waals surface area (Å²) in [6.45, 7) is -0.0364. The number of rotatable bonds is 6. The predicted molar refractivity (Wildman–Crippen MR) is 67.4 cm³/mol. The fourth-order valence-corrected chi connectivity index (χ4v) is 1.98. The smallest absolute Gasteiger partial charge is 0.240 e. The number of amides is 3. The SMILES string of the molecule is COC(CNC(=O)CN1C(=O)CCC1=O)c1ccco1. The van der Waals surface area contributed by atoms with Crippen molar-refractivity contribution in [2.45, 2.75) is 18.9 Å². The molecule has 108 valence electrons. The molecule has 7 heteroatoms. The Hall–Kier alpha value is -2.15. The van der Waals surface area contributed by atoms with E-state index in [4.69, 9.17) is 9.15 Å². The van der Waals surface area contributed by atoms with Gasteiger partial charge in [-0.1, -0.05) is 0 Å². The zero-order valence-corrected chi connectivity index (χ0v) is 11.1. The van der Waals surface area contributed by atoms with Crippen LogP contribution in [0.4, 0.5) is 0 Å². The highest BCUT2D eigenvalue weighted by Crippen LogP contribution is 2.16. The van der Waals surface area contributed by atoms with Gasteiger partial charge in [0.15, 0.2) is 0 Å². The van der Waals surface area contributed by atoms with Gasteiger partial charge < -0.3 is 14.5 Å². The van der Waals surface area contributed by atoms with Crippen molar-refractivity contribution in [3.63, 3.8) is 0 Å². The molecule has 1 aromatic rings. The van der Waals surface area contributed by atoms with Crippen molar-refractivity contribution in [3.05, 3.63) is 24.2 Å². The number of furan rings is 1. The maximum Gasteiger partial charge on any atom is 0.240 e. The average Bonchev–Trinajstić information content (AvgIpc) is 3.05. The minimum absolute atomic E-state index is 0.180. The molecule has 3 amide bonds. The summed E-state index contributed by atoms with van der Waals surface area (Å²) in [6, 6.07) is 3.47. The van der Waals surface area contributed by atoms with E-state index in [2.05, 4.69) is 5.32 Å². The van der Waals surface area contributed by atoms with Gasteiger partial charge in [0, 0.05) is 20.0 Å². The summed E-state index contributed by atoms with van der Waals surface area (Å²) in [7, 11) is 1.51. The van der Waals surface area contributed by atoms with Crippen molar-refractivity contribution in [2.75, 3.05) is 20.2 Å². The minimum Gasteiger partial charge on any atom is -0.467 e. The summed E-state index contributed by atoms with van der Waals surface area (Å²) >= 11 is 0. The molecule has 0 bridgehead atoms. The minimum atomic E-state index is -0.404. The lowest BCUT2D eigenvalue weighted by molar-refractivity contribution is -0.142. The summed E-state index contributed by atoms with van der Waals surface area (Å²) in [5.74, 6) is -0.415. The van der Waals surface area contributed by atoms with E-state index in [-0.39, 0.29) is 37.7 Å². The Bertz CT molecular complexity index is 481. The number of carbonyl (C=O) groups is 3. The van der Waals surface area contributed by atoms with Crippen LogP contribution in [0.1, 0.15) is 24.7 Å². The highest BCUT2D eigenvalue weighted by atomic mass is 16.5. The summed E-state index contributed by atoms with van der Waals surface area (Å²) in [5.41, 5.74) is 0. The third-order valence-corrected chi connectivity index (χ3v) is 3.09. The highest BCUT2D eigenvalue weighted by molar-refractivity contribution is 6.04. The van der Waals surface area contributed by atoms with Gasteiger partial charge in [0.25, 0.3) is 0 Å². The Morgan fingerprint density at radius 3 is 2.70 bits per heavy atom. The van der Waals surface area contributed by atoms with Gasteiger partial charge in [-0.2, -0.15) is 0 Å². The van der Waals surface area contributed by atoms with Gasteiger partial charge in [0.05, 0.1) is 12.8 Å². The quantitative estimate of drug-likeness (QED) is 0.754. The lowest BCUT2D eigenvalue weighted by Crippen LogP contribution is -2.41. The molecule has 7 nitrogen and oxygen atoms in total. The molecule has 20 heavy (non-hydrogen) atoms. The lowest BCUT2D eigenvalue weighted by atomic mass is 10.2.